The van der Waals surface area contributed by atoms with Gasteiger partial charge in [-0.1, -0.05) is 0 Å². The number of likely N-dealkylation sites (tertiary alicyclic amines) is 1. The molecule has 0 atom stereocenters. The van der Waals surface area contributed by atoms with Gasteiger partial charge in [0.05, 0.1) is 7.11 Å². The number of carbonyl (C=O) groups excluding carboxylic acids is 1. The van der Waals surface area contributed by atoms with Crippen molar-refractivity contribution in [2.24, 2.45) is 0 Å². The van der Waals surface area contributed by atoms with Crippen LogP contribution >= 0.6 is 11.3 Å². The van der Waals surface area contributed by atoms with Gasteiger partial charge in [-0.2, -0.15) is 0 Å². The van der Waals surface area contributed by atoms with Crippen LogP contribution in [0, 0.1) is 0 Å². The number of nitrogens with zero attached hydrogens (tertiary/aromatic N) is 2. The van der Waals surface area contributed by atoms with Crippen molar-refractivity contribution in [3.05, 3.63) is 51.8 Å². The molecule has 0 radical (unpaired) electrons. The summed E-state index contributed by atoms with van der Waals surface area (Å²) < 4.78 is 5.25. The fraction of sp³-hybridized carbons (Fsp3) is 0.350. The standard InChI is InChI=1S/C20H21N3O2S/c1-25-16-3-2-13-8-18(21-17(13)9-16)20(24)23-11-15(12-23)22-6-4-19-14(10-22)5-7-26-19/h2-3,5,7-9,15,21H,4,6,10-12H2,1H3. The molecule has 1 saturated heterocycles. The van der Waals surface area contributed by atoms with Crippen molar-refractivity contribution in [2.45, 2.75) is 19.0 Å². The molecule has 26 heavy (non-hydrogen) atoms. The first-order chi connectivity index (χ1) is 12.7. The summed E-state index contributed by atoms with van der Waals surface area (Å²) in [5, 5.41) is 3.22. The van der Waals surface area contributed by atoms with Crippen molar-refractivity contribution in [2.75, 3.05) is 26.7 Å². The molecule has 0 saturated carbocycles. The third-order valence-corrected chi connectivity index (χ3v) is 6.59. The van der Waals surface area contributed by atoms with Crippen LogP contribution in [-0.2, 0) is 13.0 Å². The number of aromatic amines is 1. The zero-order chi connectivity index (χ0) is 17.7. The predicted molar refractivity (Wildman–Crippen MR) is 103 cm³/mol. The number of methoxy groups -OCH3 is 1. The fourth-order valence-corrected chi connectivity index (χ4v) is 4.84. The SMILES string of the molecule is COc1ccc2cc(C(=O)N3CC(N4CCc5sccc5C4)C3)[nH]c2c1. The molecule has 4 heterocycles. The minimum Gasteiger partial charge on any atom is -0.497 e. The average Bonchev–Trinajstić information content (AvgIpc) is 3.25. The van der Waals surface area contributed by atoms with E-state index in [0.29, 0.717) is 11.7 Å². The molecule has 0 aliphatic carbocycles. The monoisotopic (exact) mass is 367 g/mol. The molecule has 0 spiro atoms. The third-order valence-electron chi connectivity index (χ3n) is 5.56. The van der Waals surface area contributed by atoms with Gasteiger partial charge in [0.25, 0.3) is 5.91 Å². The van der Waals surface area contributed by atoms with Crippen LogP contribution in [0.5, 0.6) is 5.75 Å². The summed E-state index contributed by atoms with van der Waals surface area (Å²) in [4.78, 5) is 22.0. The van der Waals surface area contributed by atoms with Crippen molar-refractivity contribution in [3.8, 4) is 5.75 Å². The van der Waals surface area contributed by atoms with Crippen molar-refractivity contribution in [1.82, 2.24) is 14.8 Å². The summed E-state index contributed by atoms with van der Waals surface area (Å²) >= 11 is 1.87. The summed E-state index contributed by atoms with van der Waals surface area (Å²) in [5.74, 6) is 0.880. The largest absolute Gasteiger partial charge is 0.497 e. The van der Waals surface area contributed by atoms with Crippen molar-refractivity contribution < 1.29 is 9.53 Å². The fourth-order valence-electron chi connectivity index (χ4n) is 3.95. The lowest BCUT2D eigenvalue weighted by molar-refractivity contribution is 0.0217. The van der Waals surface area contributed by atoms with Gasteiger partial charge in [0.2, 0.25) is 0 Å². The predicted octanol–water partition coefficient (Wildman–Crippen LogP) is 3.12. The Morgan fingerprint density at radius 1 is 1.27 bits per heavy atom. The molecule has 1 amide bonds. The van der Waals surface area contributed by atoms with Crippen LogP contribution in [0.2, 0.25) is 0 Å². The number of carbonyl (C=O) groups is 1. The Kier molecular flexibility index (Phi) is 3.76. The second-order valence-corrected chi connectivity index (χ2v) is 8.09. The number of rotatable bonds is 3. The molecule has 0 unspecified atom stereocenters. The van der Waals surface area contributed by atoms with E-state index >= 15 is 0 Å². The van der Waals surface area contributed by atoms with Crippen LogP contribution in [0.25, 0.3) is 10.9 Å². The van der Waals surface area contributed by atoms with Crippen molar-refractivity contribution >= 4 is 28.1 Å². The Balaban J connectivity index is 1.25. The van der Waals surface area contributed by atoms with Gasteiger partial charge in [-0.25, -0.2) is 0 Å². The Labute approximate surface area is 156 Å². The van der Waals surface area contributed by atoms with E-state index < -0.39 is 0 Å². The van der Waals surface area contributed by atoms with E-state index in [0.717, 1.165) is 49.3 Å². The Bertz CT molecular complexity index is 971. The van der Waals surface area contributed by atoms with Gasteiger partial charge in [0.1, 0.15) is 11.4 Å². The van der Waals surface area contributed by atoms with E-state index in [1.165, 1.54) is 10.4 Å². The number of benzene rings is 1. The molecular weight excluding hydrogens is 346 g/mol. The zero-order valence-corrected chi connectivity index (χ0v) is 15.5. The molecule has 2 aliphatic rings. The van der Waals surface area contributed by atoms with Crippen LogP contribution in [0.1, 0.15) is 20.9 Å². The maximum atomic E-state index is 12.8. The van der Waals surface area contributed by atoms with Crippen LogP contribution in [0.15, 0.2) is 35.7 Å². The first kappa shape index (κ1) is 15.9. The van der Waals surface area contributed by atoms with Gasteiger partial charge in [0, 0.05) is 54.1 Å². The lowest BCUT2D eigenvalue weighted by Crippen LogP contribution is -2.61. The molecule has 0 bridgehead atoms. The average molecular weight is 367 g/mol. The molecule has 5 rings (SSSR count). The number of thiophene rings is 1. The second kappa shape index (κ2) is 6.14. The lowest BCUT2D eigenvalue weighted by Gasteiger charge is -2.46. The van der Waals surface area contributed by atoms with Gasteiger partial charge < -0.3 is 14.6 Å². The van der Waals surface area contributed by atoms with Crippen LogP contribution < -0.4 is 4.74 Å². The topological polar surface area (TPSA) is 48.6 Å². The summed E-state index contributed by atoms with van der Waals surface area (Å²) in [6.07, 6.45) is 1.14. The zero-order valence-electron chi connectivity index (χ0n) is 14.7. The maximum absolute atomic E-state index is 12.8. The molecule has 6 heteroatoms. The molecule has 1 N–H and O–H groups in total. The van der Waals surface area contributed by atoms with E-state index in [1.807, 2.05) is 40.5 Å². The normalized spacial score (nSPS) is 18.0. The first-order valence-corrected chi connectivity index (χ1v) is 9.84. The van der Waals surface area contributed by atoms with Crippen LogP contribution in [0.3, 0.4) is 0 Å². The Morgan fingerprint density at radius 2 is 2.15 bits per heavy atom. The highest BCUT2D eigenvalue weighted by atomic mass is 32.1. The van der Waals surface area contributed by atoms with Gasteiger partial charge in [0.15, 0.2) is 0 Å². The van der Waals surface area contributed by atoms with Crippen LogP contribution in [0.4, 0.5) is 0 Å². The minimum atomic E-state index is 0.0876. The maximum Gasteiger partial charge on any atom is 0.270 e. The van der Waals surface area contributed by atoms with E-state index in [1.54, 1.807) is 7.11 Å². The molecule has 5 nitrogen and oxygen atoms in total. The van der Waals surface area contributed by atoms with Crippen LogP contribution in [-0.4, -0.2) is 53.5 Å². The van der Waals surface area contributed by atoms with E-state index in [4.69, 9.17) is 4.74 Å². The number of nitrogens with one attached hydrogen (secondary N) is 1. The number of fused-ring (bicyclic) bond motifs is 2. The molecule has 134 valence electrons. The highest BCUT2D eigenvalue weighted by Gasteiger charge is 2.36. The Hall–Kier alpha value is -2.31. The highest BCUT2D eigenvalue weighted by Crippen LogP contribution is 2.29. The summed E-state index contributed by atoms with van der Waals surface area (Å²) in [5.41, 5.74) is 3.06. The van der Waals surface area contributed by atoms with Crippen molar-refractivity contribution in [3.63, 3.8) is 0 Å². The van der Waals surface area contributed by atoms with Gasteiger partial charge in [-0.05, 0) is 41.6 Å². The number of hydrogen-bond donors (Lipinski definition) is 1. The number of amides is 1. The van der Waals surface area contributed by atoms with E-state index in [9.17, 15) is 4.79 Å². The smallest absolute Gasteiger partial charge is 0.270 e. The third kappa shape index (κ3) is 2.61. The summed E-state index contributed by atoms with van der Waals surface area (Å²) in [6, 6.07) is 10.5. The molecule has 2 aromatic heterocycles. The van der Waals surface area contributed by atoms with E-state index in [-0.39, 0.29) is 5.91 Å². The summed E-state index contributed by atoms with van der Waals surface area (Å²) in [6.45, 7) is 3.76. The van der Waals surface area contributed by atoms with Gasteiger partial charge >= 0.3 is 0 Å². The second-order valence-electron chi connectivity index (χ2n) is 7.09. The first-order valence-electron chi connectivity index (χ1n) is 8.96. The Morgan fingerprint density at radius 3 is 3.00 bits per heavy atom. The molecule has 1 aromatic carbocycles. The molecule has 1 fully saturated rings. The van der Waals surface area contributed by atoms with Gasteiger partial charge in [-0.15, -0.1) is 11.3 Å². The van der Waals surface area contributed by atoms with Crippen molar-refractivity contribution in [1.29, 1.82) is 0 Å². The number of hydrogen-bond acceptors (Lipinski definition) is 4. The molecule has 3 aromatic rings. The summed E-state index contributed by atoms with van der Waals surface area (Å²) in [7, 11) is 1.65. The minimum absolute atomic E-state index is 0.0876. The molecular formula is C20H21N3O2S. The lowest BCUT2D eigenvalue weighted by atomic mass is 10.0. The number of H-pyrrole nitrogens is 1. The number of aromatic nitrogens is 1. The number of ether oxygens (including phenoxy) is 1. The quantitative estimate of drug-likeness (QED) is 0.774. The molecule has 2 aliphatic heterocycles. The van der Waals surface area contributed by atoms with Gasteiger partial charge in [-0.3, -0.25) is 9.69 Å². The van der Waals surface area contributed by atoms with E-state index in [2.05, 4.69) is 21.3 Å². The highest BCUT2D eigenvalue weighted by molar-refractivity contribution is 7.10.